The first kappa shape index (κ1) is 26.4. The van der Waals surface area contributed by atoms with Crippen molar-refractivity contribution >= 4 is 17.9 Å². The van der Waals surface area contributed by atoms with E-state index >= 15 is 0 Å². The van der Waals surface area contributed by atoms with Gasteiger partial charge in [-0.05, 0) is 20.8 Å². The van der Waals surface area contributed by atoms with E-state index in [9.17, 15) is 14.4 Å². The second-order valence-electron chi connectivity index (χ2n) is 4.61. The number of aliphatic hydroxyl groups is 3. The van der Waals surface area contributed by atoms with Crippen molar-refractivity contribution in [1.82, 2.24) is 0 Å². The molecular formula is C15H24O9. The van der Waals surface area contributed by atoms with E-state index in [0.717, 1.165) is 0 Å². The SMILES string of the molecule is C=C(C)C(=O)O.C=C(C)C(=O)O.C=C(C)C(=O)OCCC(O)(O)O. The molecule has 0 aliphatic heterocycles. The summed E-state index contributed by atoms with van der Waals surface area (Å²) in [5.74, 6) is -5.28. The topological polar surface area (TPSA) is 162 Å². The van der Waals surface area contributed by atoms with E-state index in [1.807, 2.05) is 0 Å². The van der Waals surface area contributed by atoms with Crippen molar-refractivity contribution in [3.05, 3.63) is 36.5 Å². The maximum Gasteiger partial charge on any atom is 0.333 e. The maximum atomic E-state index is 10.7. The lowest BCUT2D eigenvalue weighted by Gasteiger charge is -2.13. The van der Waals surface area contributed by atoms with E-state index in [1.165, 1.54) is 20.8 Å². The monoisotopic (exact) mass is 348 g/mol. The molecular weight excluding hydrogens is 324 g/mol. The van der Waals surface area contributed by atoms with Crippen molar-refractivity contribution in [3.8, 4) is 0 Å². The molecule has 0 aromatic carbocycles. The highest BCUT2D eigenvalue weighted by atomic mass is 16.7. The van der Waals surface area contributed by atoms with Crippen LogP contribution >= 0.6 is 0 Å². The van der Waals surface area contributed by atoms with Gasteiger partial charge in [0.1, 0.15) is 0 Å². The van der Waals surface area contributed by atoms with Crippen molar-refractivity contribution in [2.24, 2.45) is 0 Å². The number of carboxylic acids is 2. The summed E-state index contributed by atoms with van der Waals surface area (Å²) < 4.78 is 4.46. The van der Waals surface area contributed by atoms with Gasteiger partial charge in [-0.3, -0.25) is 0 Å². The molecule has 0 radical (unpaired) electrons. The highest BCUT2D eigenvalue weighted by Crippen LogP contribution is 2.01. The minimum absolute atomic E-state index is 0.176. The van der Waals surface area contributed by atoms with Crippen LogP contribution in [0, 0.1) is 0 Å². The van der Waals surface area contributed by atoms with Gasteiger partial charge in [-0.15, -0.1) is 0 Å². The second kappa shape index (κ2) is 13.0. The van der Waals surface area contributed by atoms with Gasteiger partial charge in [-0.2, -0.15) is 0 Å². The maximum absolute atomic E-state index is 10.7. The highest BCUT2D eigenvalue weighted by Gasteiger charge is 2.18. The van der Waals surface area contributed by atoms with Crippen LogP contribution in [0.15, 0.2) is 36.5 Å². The summed E-state index contributed by atoms with van der Waals surface area (Å²) in [6.45, 7) is 13.7. The minimum Gasteiger partial charge on any atom is -0.478 e. The molecule has 138 valence electrons. The number of hydrogen-bond donors (Lipinski definition) is 5. The molecule has 0 fully saturated rings. The minimum atomic E-state index is -2.78. The summed E-state index contributed by atoms with van der Waals surface area (Å²) in [6.07, 6.45) is -0.452. The highest BCUT2D eigenvalue weighted by molar-refractivity contribution is 5.87. The molecule has 0 bridgehead atoms. The van der Waals surface area contributed by atoms with Crippen LogP contribution in [0.1, 0.15) is 27.2 Å². The first-order valence-corrected chi connectivity index (χ1v) is 6.39. The van der Waals surface area contributed by atoms with Crippen molar-refractivity contribution < 1.29 is 44.7 Å². The molecule has 5 N–H and O–H groups in total. The fourth-order valence-electron chi connectivity index (χ4n) is 0.404. The number of rotatable bonds is 6. The van der Waals surface area contributed by atoms with E-state index in [0.29, 0.717) is 0 Å². The normalized spacial score (nSPS) is 9.25. The molecule has 24 heavy (non-hydrogen) atoms. The van der Waals surface area contributed by atoms with E-state index in [-0.39, 0.29) is 23.3 Å². The first-order chi connectivity index (χ1) is 10.6. The van der Waals surface area contributed by atoms with Crippen molar-refractivity contribution in [2.45, 2.75) is 33.2 Å². The number of ether oxygens (including phenoxy) is 1. The number of carbonyl (C=O) groups excluding carboxylic acids is 1. The summed E-state index contributed by atoms with van der Waals surface area (Å²) in [4.78, 5) is 29.9. The van der Waals surface area contributed by atoms with Crippen LogP contribution in [-0.2, 0) is 19.1 Å². The third-order valence-corrected chi connectivity index (χ3v) is 1.75. The van der Waals surface area contributed by atoms with Gasteiger partial charge in [0.15, 0.2) is 0 Å². The van der Waals surface area contributed by atoms with E-state index in [4.69, 9.17) is 25.5 Å². The molecule has 0 saturated heterocycles. The Morgan fingerprint density at radius 3 is 1.29 bits per heavy atom. The average Bonchev–Trinajstić information content (AvgIpc) is 2.37. The quantitative estimate of drug-likeness (QED) is 0.260. The fraction of sp³-hybridized carbons (Fsp3) is 0.400. The Bertz CT molecular complexity index is 436. The summed E-state index contributed by atoms with van der Waals surface area (Å²) in [5.41, 5.74) is 0.569. The lowest BCUT2D eigenvalue weighted by atomic mass is 10.3. The Hall–Kier alpha value is -2.49. The summed E-state index contributed by atoms with van der Waals surface area (Å²) in [7, 11) is 0. The lowest BCUT2D eigenvalue weighted by Crippen LogP contribution is -2.29. The van der Waals surface area contributed by atoms with Gasteiger partial charge in [0.25, 0.3) is 5.97 Å². The molecule has 0 aliphatic carbocycles. The fourth-order valence-corrected chi connectivity index (χ4v) is 0.404. The molecule has 0 spiro atoms. The van der Waals surface area contributed by atoms with Crippen molar-refractivity contribution in [2.75, 3.05) is 6.61 Å². The van der Waals surface area contributed by atoms with E-state index < -0.39 is 30.3 Å². The Kier molecular flexibility index (Phi) is 14.3. The Morgan fingerprint density at radius 1 is 0.833 bits per heavy atom. The van der Waals surface area contributed by atoms with Gasteiger partial charge in [0.05, 0.1) is 13.0 Å². The molecule has 0 amide bonds. The molecule has 0 rings (SSSR count). The number of esters is 1. The summed E-state index contributed by atoms with van der Waals surface area (Å²) in [5, 5.41) is 40.9. The van der Waals surface area contributed by atoms with Crippen LogP contribution < -0.4 is 0 Å². The van der Waals surface area contributed by atoms with Gasteiger partial charge in [-0.25, -0.2) is 14.4 Å². The third-order valence-electron chi connectivity index (χ3n) is 1.75. The summed E-state index contributed by atoms with van der Waals surface area (Å²) >= 11 is 0. The number of carboxylic acid groups (broad SMARTS) is 2. The van der Waals surface area contributed by atoms with Gasteiger partial charge in [0, 0.05) is 16.7 Å². The zero-order chi connectivity index (χ0) is 20.1. The van der Waals surface area contributed by atoms with Crippen LogP contribution in [-0.4, -0.2) is 56.0 Å². The lowest BCUT2D eigenvalue weighted by molar-refractivity contribution is -0.317. The molecule has 0 unspecified atom stereocenters. The third kappa shape index (κ3) is 24.5. The largest absolute Gasteiger partial charge is 0.478 e. The molecule has 0 aromatic heterocycles. The number of aliphatic carboxylic acids is 2. The number of carbonyl (C=O) groups is 3. The van der Waals surface area contributed by atoms with Gasteiger partial charge >= 0.3 is 17.9 Å². The van der Waals surface area contributed by atoms with Crippen LogP contribution in [0.25, 0.3) is 0 Å². The Balaban J connectivity index is -0.000000309. The van der Waals surface area contributed by atoms with Crippen molar-refractivity contribution in [3.63, 3.8) is 0 Å². The second-order valence-corrected chi connectivity index (χ2v) is 4.61. The van der Waals surface area contributed by atoms with Crippen LogP contribution in [0.3, 0.4) is 0 Å². The zero-order valence-corrected chi connectivity index (χ0v) is 13.9. The van der Waals surface area contributed by atoms with Crippen LogP contribution in [0.4, 0.5) is 0 Å². The molecule has 0 aromatic rings. The number of hydrogen-bond acceptors (Lipinski definition) is 7. The molecule has 0 heterocycles. The average molecular weight is 348 g/mol. The molecule has 0 saturated carbocycles. The predicted octanol–water partition coefficient (Wildman–Crippen LogP) is 0.421. The van der Waals surface area contributed by atoms with Gasteiger partial charge in [0.2, 0.25) is 0 Å². The van der Waals surface area contributed by atoms with Gasteiger partial charge < -0.3 is 30.3 Å². The van der Waals surface area contributed by atoms with Crippen LogP contribution in [0.5, 0.6) is 0 Å². The van der Waals surface area contributed by atoms with E-state index in [2.05, 4.69) is 24.5 Å². The van der Waals surface area contributed by atoms with Crippen molar-refractivity contribution in [1.29, 1.82) is 0 Å². The van der Waals surface area contributed by atoms with Crippen LogP contribution in [0.2, 0.25) is 0 Å². The van der Waals surface area contributed by atoms with E-state index in [1.54, 1.807) is 0 Å². The molecule has 0 aliphatic rings. The zero-order valence-electron chi connectivity index (χ0n) is 13.9. The predicted molar refractivity (Wildman–Crippen MR) is 84.7 cm³/mol. The standard InChI is InChI=1S/C7H12O5.2C4H6O2/c1-5(2)6(8)12-4-3-7(9,10)11;2*1-3(2)4(5)6/h9-11H,1,3-4H2,2H3;2*1H2,2H3,(H,5,6). The molecule has 0 atom stereocenters. The molecule has 9 heteroatoms. The molecule has 9 nitrogen and oxygen atoms in total. The Morgan fingerprint density at radius 2 is 1.12 bits per heavy atom. The van der Waals surface area contributed by atoms with Gasteiger partial charge in [-0.1, -0.05) is 19.7 Å². The first-order valence-electron chi connectivity index (χ1n) is 6.39. The summed E-state index contributed by atoms with van der Waals surface area (Å²) in [6, 6.07) is 0. The smallest absolute Gasteiger partial charge is 0.333 e. The Labute approximate surface area is 139 Å².